The van der Waals surface area contributed by atoms with Crippen LogP contribution in [0, 0.1) is 6.92 Å². The molecular formula is C14H15F2NO4S. The second-order valence-electron chi connectivity index (χ2n) is 5.24. The van der Waals surface area contributed by atoms with Crippen LogP contribution in [0.25, 0.3) is 0 Å². The molecule has 0 unspecified atom stereocenters. The highest BCUT2D eigenvalue weighted by atomic mass is 32.1. The second-order valence-corrected chi connectivity index (χ2v) is 6.38. The Kier molecular flexibility index (Phi) is 4.60. The van der Waals surface area contributed by atoms with Gasteiger partial charge in [0.25, 0.3) is 5.91 Å². The predicted octanol–water partition coefficient (Wildman–Crippen LogP) is 2.12. The molecular weight excluding hydrogens is 316 g/mol. The lowest BCUT2D eigenvalue weighted by Gasteiger charge is -2.19. The lowest BCUT2D eigenvalue weighted by atomic mass is 10.2. The van der Waals surface area contributed by atoms with E-state index in [1.807, 2.05) is 0 Å². The fourth-order valence-corrected chi connectivity index (χ4v) is 3.57. The van der Waals surface area contributed by atoms with E-state index in [-0.39, 0.29) is 11.4 Å². The summed E-state index contributed by atoms with van der Waals surface area (Å²) in [4.78, 5) is 35.3. The number of amides is 1. The normalized spacial score (nSPS) is 20.4. The number of hydrogen-bond donors (Lipinski definition) is 1. The lowest BCUT2D eigenvalue weighted by Crippen LogP contribution is -2.37. The smallest absolute Gasteiger partial charge is 0.346 e. The molecule has 120 valence electrons. The summed E-state index contributed by atoms with van der Waals surface area (Å²) in [6.45, 7) is 1.74. The number of carbonyl (C=O) groups is 3. The fraction of sp³-hybridized carbons (Fsp3) is 0.500. The number of halogens is 2. The van der Waals surface area contributed by atoms with E-state index in [1.165, 1.54) is 0 Å². The Morgan fingerprint density at radius 2 is 2.27 bits per heavy atom. The van der Waals surface area contributed by atoms with Crippen molar-refractivity contribution in [1.29, 1.82) is 0 Å². The third kappa shape index (κ3) is 3.16. The first-order chi connectivity index (χ1) is 10.3. The van der Waals surface area contributed by atoms with Crippen molar-refractivity contribution in [3.05, 3.63) is 21.4 Å². The molecule has 0 aliphatic carbocycles. The molecule has 2 rings (SSSR count). The number of hydrogen-bond acceptors (Lipinski definition) is 4. The molecule has 1 fully saturated rings. The molecule has 0 bridgehead atoms. The summed E-state index contributed by atoms with van der Waals surface area (Å²) in [7, 11) is 0. The topological polar surface area (TPSA) is 74.7 Å². The van der Waals surface area contributed by atoms with Gasteiger partial charge in [0.05, 0.1) is 6.04 Å². The molecule has 1 amide bonds. The molecule has 1 saturated heterocycles. The monoisotopic (exact) mass is 331 g/mol. The van der Waals surface area contributed by atoms with Crippen LogP contribution in [0.1, 0.15) is 33.0 Å². The molecule has 1 aliphatic heterocycles. The van der Waals surface area contributed by atoms with Crippen molar-refractivity contribution in [1.82, 2.24) is 4.90 Å². The van der Waals surface area contributed by atoms with Crippen LogP contribution in [-0.4, -0.2) is 46.7 Å². The average Bonchev–Trinajstić information content (AvgIpc) is 2.91. The van der Waals surface area contributed by atoms with Gasteiger partial charge in [-0.3, -0.25) is 4.79 Å². The van der Waals surface area contributed by atoms with Gasteiger partial charge in [-0.15, -0.1) is 11.3 Å². The number of carboxylic acids is 1. The van der Waals surface area contributed by atoms with Crippen LogP contribution in [0.2, 0.25) is 0 Å². The van der Waals surface area contributed by atoms with Gasteiger partial charge < -0.3 is 14.8 Å². The maximum Gasteiger partial charge on any atom is 0.346 e. The Hall–Kier alpha value is -1.83. The molecule has 1 atom stereocenters. The number of nitrogens with zero attached hydrogens (tertiary/aromatic N) is 1. The van der Waals surface area contributed by atoms with Gasteiger partial charge in [0.2, 0.25) is 0 Å². The van der Waals surface area contributed by atoms with E-state index in [0.29, 0.717) is 24.7 Å². The largest absolute Gasteiger partial charge is 0.477 e. The van der Waals surface area contributed by atoms with Gasteiger partial charge in [-0.1, -0.05) is 0 Å². The predicted molar refractivity (Wildman–Crippen MR) is 75.5 cm³/mol. The van der Waals surface area contributed by atoms with Crippen LogP contribution in [0.15, 0.2) is 6.07 Å². The molecule has 0 aromatic carbocycles. The number of likely N-dealkylation sites (tertiary alicyclic amines) is 1. The molecule has 2 heterocycles. The van der Waals surface area contributed by atoms with Crippen molar-refractivity contribution in [2.75, 3.05) is 6.54 Å². The first-order valence-electron chi connectivity index (χ1n) is 6.73. The summed E-state index contributed by atoms with van der Waals surface area (Å²) < 4.78 is 26.6. The number of thiophene rings is 1. The third-order valence-corrected chi connectivity index (χ3v) is 4.87. The zero-order valence-corrected chi connectivity index (χ0v) is 12.7. The van der Waals surface area contributed by atoms with Gasteiger partial charge in [0.15, 0.2) is 0 Å². The molecule has 0 radical (unpaired) electrons. The highest BCUT2D eigenvalue weighted by molar-refractivity contribution is 7.14. The first-order valence-corrected chi connectivity index (χ1v) is 7.54. The van der Waals surface area contributed by atoms with Crippen LogP contribution in [0.3, 0.4) is 0 Å². The van der Waals surface area contributed by atoms with E-state index < -0.39 is 30.3 Å². The summed E-state index contributed by atoms with van der Waals surface area (Å²) in [5.74, 6) is -5.77. The summed E-state index contributed by atoms with van der Waals surface area (Å²) in [6, 6.07) is 0.660. The summed E-state index contributed by atoms with van der Waals surface area (Å²) in [5.41, 5.74) is 0.655. The van der Waals surface area contributed by atoms with Crippen molar-refractivity contribution in [3.8, 4) is 0 Å². The first kappa shape index (κ1) is 16.5. The van der Waals surface area contributed by atoms with E-state index in [4.69, 9.17) is 5.11 Å². The zero-order chi connectivity index (χ0) is 16.5. The Morgan fingerprint density at radius 3 is 2.82 bits per heavy atom. The van der Waals surface area contributed by atoms with E-state index in [2.05, 4.69) is 0 Å². The second kappa shape index (κ2) is 6.12. The number of carboxylic acid groups (broad SMARTS) is 1. The van der Waals surface area contributed by atoms with Crippen LogP contribution < -0.4 is 0 Å². The summed E-state index contributed by atoms with van der Waals surface area (Å²) >= 11 is 1.14. The minimum atomic E-state index is -3.47. The van der Waals surface area contributed by atoms with Crippen LogP contribution >= 0.6 is 11.3 Å². The molecule has 5 nitrogen and oxygen atoms in total. The van der Waals surface area contributed by atoms with Gasteiger partial charge in [-0.05, 0) is 31.4 Å². The number of aryl methyl sites for hydroxylation is 2. The van der Waals surface area contributed by atoms with E-state index in [1.54, 1.807) is 13.0 Å². The molecule has 8 heteroatoms. The van der Waals surface area contributed by atoms with Crippen LogP contribution in [-0.2, 0) is 16.0 Å². The number of carbonyl (C=O) groups excluding carboxylic acids is 2. The van der Waals surface area contributed by atoms with Crippen LogP contribution in [0.4, 0.5) is 8.78 Å². The fourth-order valence-electron chi connectivity index (χ4n) is 2.52. The SMILES string of the molecule is Cc1cc(CCCN2C(=O)C(F)(F)C[C@@H]2C=O)sc1C(=O)O. The van der Waals surface area contributed by atoms with E-state index >= 15 is 0 Å². The zero-order valence-electron chi connectivity index (χ0n) is 11.8. The highest BCUT2D eigenvalue weighted by Crippen LogP contribution is 2.33. The average molecular weight is 331 g/mol. The molecule has 1 N–H and O–H groups in total. The van der Waals surface area contributed by atoms with Gasteiger partial charge in [0, 0.05) is 17.8 Å². The number of alkyl halides is 2. The number of rotatable bonds is 6. The minimum Gasteiger partial charge on any atom is -0.477 e. The summed E-state index contributed by atoms with van der Waals surface area (Å²) in [6.07, 6.45) is 0.470. The van der Waals surface area contributed by atoms with Gasteiger partial charge >= 0.3 is 11.9 Å². The molecule has 1 aromatic heterocycles. The number of aldehydes is 1. The van der Waals surface area contributed by atoms with Crippen molar-refractivity contribution in [3.63, 3.8) is 0 Å². The van der Waals surface area contributed by atoms with Gasteiger partial charge in [-0.2, -0.15) is 8.78 Å². The molecule has 1 aliphatic rings. The van der Waals surface area contributed by atoms with Crippen molar-refractivity contribution in [2.24, 2.45) is 0 Å². The molecule has 0 saturated carbocycles. The maximum absolute atomic E-state index is 13.3. The lowest BCUT2D eigenvalue weighted by molar-refractivity contribution is -0.148. The Morgan fingerprint density at radius 1 is 1.59 bits per heavy atom. The standard InChI is InChI=1S/C14H15F2NO4S/c1-8-5-10(22-11(8)12(19)20)3-2-4-17-9(7-18)6-14(15,16)13(17)21/h5,7,9H,2-4,6H2,1H3,(H,19,20)/t9-/m1/s1. The quantitative estimate of drug-likeness (QED) is 0.810. The minimum absolute atomic E-state index is 0.0528. The number of aromatic carboxylic acids is 1. The molecule has 0 spiro atoms. The molecule has 22 heavy (non-hydrogen) atoms. The van der Waals surface area contributed by atoms with Crippen molar-refractivity contribution < 1.29 is 28.3 Å². The Bertz CT molecular complexity index is 614. The Labute approximate surface area is 129 Å². The maximum atomic E-state index is 13.3. The van der Waals surface area contributed by atoms with Crippen molar-refractivity contribution >= 4 is 29.5 Å². The molecule has 1 aromatic rings. The van der Waals surface area contributed by atoms with Crippen molar-refractivity contribution in [2.45, 2.75) is 38.2 Å². The van der Waals surface area contributed by atoms with E-state index in [9.17, 15) is 23.2 Å². The van der Waals surface area contributed by atoms with Gasteiger partial charge in [-0.25, -0.2) is 4.79 Å². The van der Waals surface area contributed by atoms with E-state index in [0.717, 1.165) is 21.1 Å². The summed E-state index contributed by atoms with van der Waals surface area (Å²) in [5, 5.41) is 8.97. The van der Waals surface area contributed by atoms with Gasteiger partial charge in [0.1, 0.15) is 11.2 Å². The third-order valence-electron chi connectivity index (χ3n) is 3.58. The van der Waals surface area contributed by atoms with Crippen LogP contribution in [0.5, 0.6) is 0 Å². The highest BCUT2D eigenvalue weighted by Gasteiger charge is 2.53. The Balaban J connectivity index is 1.96.